The van der Waals surface area contributed by atoms with E-state index < -0.39 is 0 Å². The van der Waals surface area contributed by atoms with Gasteiger partial charge in [0.05, 0.1) is 12.2 Å². The molecule has 1 aromatic rings. The molecule has 1 amide bonds. The van der Waals surface area contributed by atoms with Crippen LogP contribution in [0.3, 0.4) is 0 Å². The molecule has 5 nitrogen and oxygen atoms in total. The Balaban J connectivity index is 1.89. The second-order valence-electron chi connectivity index (χ2n) is 5.52. The van der Waals surface area contributed by atoms with Crippen LogP contribution in [0.2, 0.25) is 5.15 Å². The van der Waals surface area contributed by atoms with E-state index in [1.165, 1.54) is 0 Å². The maximum atomic E-state index is 12.2. The van der Waals surface area contributed by atoms with Crippen LogP contribution in [-0.4, -0.2) is 41.0 Å². The number of nitrogens with one attached hydrogen (secondary N) is 1. The van der Waals surface area contributed by atoms with E-state index >= 15 is 0 Å². The first-order valence-corrected chi connectivity index (χ1v) is 7.88. The molecule has 0 atom stereocenters. The van der Waals surface area contributed by atoms with E-state index in [-0.39, 0.29) is 5.91 Å². The molecular formula is C15H23ClN4O. The zero-order valence-electron chi connectivity index (χ0n) is 12.4. The second-order valence-corrected chi connectivity index (χ2v) is 5.88. The normalized spacial score (nSPS) is 22.3. The van der Waals surface area contributed by atoms with Crippen molar-refractivity contribution in [3.05, 3.63) is 23.5 Å². The lowest BCUT2D eigenvalue weighted by Gasteiger charge is -2.34. The Morgan fingerprint density at radius 1 is 1.48 bits per heavy atom. The molecule has 3 N–H and O–H groups in total. The van der Waals surface area contributed by atoms with Crippen molar-refractivity contribution in [1.82, 2.24) is 9.88 Å². The first-order chi connectivity index (χ1) is 10.1. The Hall–Kier alpha value is -1.17. The molecule has 1 saturated carbocycles. The second kappa shape index (κ2) is 7.73. The van der Waals surface area contributed by atoms with Crippen LogP contribution in [0.4, 0.5) is 5.69 Å². The zero-order chi connectivity index (χ0) is 15.2. The highest BCUT2D eigenvalue weighted by molar-refractivity contribution is 6.32. The fourth-order valence-electron chi connectivity index (χ4n) is 2.82. The topological polar surface area (TPSA) is 71.2 Å². The first kappa shape index (κ1) is 16.2. The highest BCUT2D eigenvalue weighted by Crippen LogP contribution is 2.22. The van der Waals surface area contributed by atoms with Crippen molar-refractivity contribution >= 4 is 23.2 Å². The molecule has 1 aliphatic rings. The molecular weight excluding hydrogens is 288 g/mol. The fraction of sp³-hybridized carbons (Fsp3) is 0.600. The molecule has 116 valence electrons. The van der Waals surface area contributed by atoms with Crippen molar-refractivity contribution in [2.45, 2.75) is 44.7 Å². The summed E-state index contributed by atoms with van der Waals surface area (Å²) in [4.78, 5) is 18.3. The predicted octanol–water partition coefficient (Wildman–Crippen LogP) is 2.27. The monoisotopic (exact) mass is 310 g/mol. The fourth-order valence-corrected chi connectivity index (χ4v) is 2.99. The average Bonchev–Trinajstić information content (AvgIpc) is 2.48. The minimum Gasteiger partial charge on any atom is -0.328 e. The van der Waals surface area contributed by atoms with Crippen LogP contribution in [-0.2, 0) is 4.79 Å². The Labute approximate surface area is 130 Å². The number of hydrogen-bond acceptors (Lipinski definition) is 4. The maximum Gasteiger partial charge on any atom is 0.238 e. The summed E-state index contributed by atoms with van der Waals surface area (Å²) in [7, 11) is 0. The van der Waals surface area contributed by atoms with Crippen molar-refractivity contribution in [2.24, 2.45) is 5.73 Å². The summed E-state index contributed by atoms with van der Waals surface area (Å²) in [6.07, 6.45) is 5.81. The van der Waals surface area contributed by atoms with Gasteiger partial charge in [0.15, 0.2) is 5.15 Å². The number of pyridine rings is 1. The molecule has 0 bridgehead atoms. The Bertz CT molecular complexity index is 474. The summed E-state index contributed by atoms with van der Waals surface area (Å²) in [5.41, 5.74) is 6.50. The van der Waals surface area contributed by atoms with Gasteiger partial charge in [-0.1, -0.05) is 18.5 Å². The molecule has 0 aliphatic heterocycles. The van der Waals surface area contributed by atoms with Crippen molar-refractivity contribution in [2.75, 3.05) is 18.4 Å². The van der Waals surface area contributed by atoms with Gasteiger partial charge in [0.25, 0.3) is 0 Å². The SMILES string of the molecule is CCN(CC(=O)Nc1cccnc1Cl)C1CCC(N)CC1. The zero-order valence-corrected chi connectivity index (χ0v) is 13.1. The Morgan fingerprint density at radius 3 is 2.81 bits per heavy atom. The van der Waals surface area contributed by atoms with E-state index in [4.69, 9.17) is 17.3 Å². The van der Waals surface area contributed by atoms with Crippen molar-refractivity contribution in [1.29, 1.82) is 0 Å². The van der Waals surface area contributed by atoms with E-state index in [0.717, 1.165) is 32.2 Å². The van der Waals surface area contributed by atoms with Crippen molar-refractivity contribution < 1.29 is 4.79 Å². The highest BCUT2D eigenvalue weighted by Gasteiger charge is 2.24. The van der Waals surface area contributed by atoms with Gasteiger partial charge in [-0.25, -0.2) is 4.98 Å². The van der Waals surface area contributed by atoms with Gasteiger partial charge < -0.3 is 11.1 Å². The lowest BCUT2D eigenvalue weighted by Crippen LogP contribution is -2.44. The van der Waals surface area contributed by atoms with Gasteiger partial charge in [-0.05, 0) is 44.4 Å². The van der Waals surface area contributed by atoms with Crippen molar-refractivity contribution in [3.8, 4) is 0 Å². The van der Waals surface area contributed by atoms with Crippen LogP contribution in [0.5, 0.6) is 0 Å². The number of carbonyl (C=O) groups excluding carboxylic acids is 1. The molecule has 6 heteroatoms. The largest absolute Gasteiger partial charge is 0.328 e. The van der Waals surface area contributed by atoms with Gasteiger partial charge in [-0.3, -0.25) is 9.69 Å². The number of aromatic nitrogens is 1. The van der Waals surface area contributed by atoms with E-state index in [1.807, 2.05) is 0 Å². The average molecular weight is 311 g/mol. The molecule has 0 aromatic carbocycles. The third-order valence-corrected chi connectivity index (χ3v) is 4.35. The summed E-state index contributed by atoms with van der Waals surface area (Å²) in [5, 5.41) is 3.14. The lowest BCUT2D eigenvalue weighted by atomic mass is 9.91. The Morgan fingerprint density at radius 2 is 2.19 bits per heavy atom. The van der Waals surface area contributed by atoms with E-state index in [1.54, 1.807) is 18.3 Å². The summed E-state index contributed by atoms with van der Waals surface area (Å²) in [6.45, 7) is 3.31. The molecule has 1 heterocycles. The van der Waals surface area contributed by atoms with Crippen LogP contribution in [0.15, 0.2) is 18.3 Å². The van der Waals surface area contributed by atoms with Gasteiger partial charge in [0.1, 0.15) is 0 Å². The number of rotatable bonds is 5. The third kappa shape index (κ3) is 4.66. The highest BCUT2D eigenvalue weighted by atomic mass is 35.5. The number of likely N-dealkylation sites (N-methyl/N-ethyl adjacent to an activating group) is 1. The van der Waals surface area contributed by atoms with Crippen LogP contribution in [0.25, 0.3) is 0 Å². The van der Waals surface area contributed by atoms with E-state index in [0.29, 0.717) is 29.5 Å². The van der Waals surface area contributed by atoms with Gasteiger partial charge >= 0.3 is 0 Å². The summed E-state index contributed by atoms with van der Waals surface area (Å²) in [6, 6.07) is 4.28. The molecule has 0 spiro atoms. The Kier molecular flexibility index (Phi) is 5.96. The van der Waals surface area contributed by atoms with Gasteiger partial charge in [0.2, 0.25) is 5.91 Å². The van der Waals surface area contributed by atoms with E-state index in [9.17, 15) is 4.79 Å². The summed E-state index contributed by atoms with van der Waals surface area (Å²) >= 11 is 5.95. The molecule has 1 aliphatic carbocycles. The number of carbonyl (C=O) groups is 1. The first-order valence-electron chi connectivity index (χ1n) is 7.50. The van der Waals surface area contributed by atoms with Gasteiger partial charge in [-0.2, -0.15) is 0 Å². The third-order valence-electron chi connectivity index (χ3n) is 4.04. The standard InChI is InChI=1S/C15H23ClN4O/c1-2-20(12-7-5-11(17)6-8-12)10-14(21)19-13-4-3-9-18-15(13)16/h3-4,9,11-12H,2,5-8,10,17H2,1H3,(H,19,21). The van der Waals surface area contributed by atoms with Crippen molar-refractivity contribution in [3.63, 3.8) is 0 Å². The number of nitrogens with two attached hydrogens (primary N) is 1. The summed E-state index contributed by atoms with van der Waals surface area (Å²) in [5.74, 6) is -0.0541. The van der Waals surface area contributed by atoms with Crippen LogP contribution in [0, 0.1) is 0 Å². The van der Waals surface area contributed by atoms with Crippen LogP contribution >= 0.6 is 11.6 Å². The lowest BCUT2D eigenvalue weighted by molar-refractivity contribution is -0.118. The van der Waals surface area contributed by atoms with E-state index in [2.05, 4.69) is 22.1 Å². The maximum absolute atomic E-state index is 12.2. The molecule has 0 saturated heterocycles. The molecule has 1 aromatic heterocycles. The predicted molar refractivity (Wildman–Crippen MR) is 85.4 cm³/mol. The summed E-state index contributed by atoms with van der Waals surface area (Å²) < 4.78 is 0. The number of nitrogens with zero attached hydrogens (tertiary/aromatic N) is 2. The minimum absolute atomic E-state index is 0.0541. The minimum atomic E-state index is -0.0541. The van der Waals surface area contributed by atoms with Gasteiger partial charge in [0, 0.05) is 18.3 Å². The quantitative estimate of drug-likeness (QED) is 0.818. The van der Waals surface area contributed by atoms with Crippen LogP contribution < -0.4 is 11.1 Å². The molecule has 21 heavy (non-hydrogen) atoms. The number of anilines is 1. The van der Waals surface area contributed by atoms with Crippen LogP contribution in [0.1, 0.15) is 32.6 Å². The van der Waals surface area contributed by atoms with Gasteiger partial charge in [-0.15, -0.1) is 0 Å². The molecule has 2 rings (SSSR count). The molecule has 0 radical (unpaired) electrons. The molecule has 0 unspecified atom stereocenters. The molecule has 1 fully saturated rings. The number of halogens is 1. The number of amides is 1. The smallest absolute Gasteiger partial charge is 0.238 e. The number of hydrogen-bond donors (Lipinski definition) is 2.